The van der Waals surface area contributed by atoms with Gasteiger partial charge in [0.25, 0.3) is 0 Å². The predicted molar refractivity (Wildman–Crippen MR) is 100.0 cm³/mol. The number of nitrogens with one attached hydrogen (secondary N) is 1. The summed E-state index contributed by atoms with van der Waals surface area (Å²) < 4.78 is 10.8. The summed E-state index contributed by atoms with van der Waals surface area (Å²) in [7, 11) is 0. The minimum atomic E-state index is -0.192. The van der Waals surface area contributed by atoms with Crippen molar-refractivity contribution in [3.8, 4) is 11.4 Å². The highest BCUT2D eigenvalue weighted by Gasteiger charge is 2.31. The molecule has 2 amide bonds. The molecule has 2 aromatic rings. The van der Waals surface area contributed by atoms with Gasteiger partial charge in [-0.2, -0.15) is 4.98 Å². The van der Waals surface area contributed by atoms with Crippen LogP contribution in [0.1, 0.15) is 51.0 Å². The first-order valence-corrected chi connectivity index (χ1v) is 9.66. The van der Waals surface area contributed by atoms with Crippen molar-refractivity contribution in [3.05, 3.63) is 30.4 Å². The third-order valence-electron chi connectivity index (χ3n) is 4.62. The second kappa shape index (κ2) is 10.0. The Hall–Kier alpha value is -2.48. The number of nitrogens with zero attached hydrogens (tertiary/aromatic N) is 4. The van der Waals surface area contributed by atoms with Gasteiger partial charge in [0.1, 0.15) is 6.04 Å². The van der Waals surface area contributed by atoms with Gasteiger partial charge in [-0.05, 0) is 38.3 Å². The van der Waals surface area contributed by atoms with E-state index in [2.05, 4.69) is 20.4 Å². The van der Waals surface area contributed by atoms with Crippen molar-refractivity contribution in [2.45, 2.75) is 45.1 Å². The Labute approximate surface area is 159 Å². The molecule has 0 spiro atoms. The first-order chi connectivity index (χ1) is 13.3. The van der Waals surface area contributed by atoms with Gasteiger partial charge in [-0.3, -0.25) is 4.98 Å². The van der Waals surface area contributed by atoms with Gasteiger partial charge in [-0.1, -0.05) is 18.0 Å². The summed E-state index contributed by atoms with van der Waals surface area (Å²) in [6, 6.07) is 3.40. The van der Waals surface area contributed by atoms with Gasteiger partial charge in [0.15, 0.2) is 0 Å². The van der Waals surface area contributed by atoms with E-state index in [0.717, 1.165) is 37.7 Å². The molecule has 3 rings (SSSR count). The van der Waals surface area contributed by atoms with Crippen molar-refractivity contribution in [2.75, 3.05) is 26.3 Å². The number of amides is 2. The summed E-state index contributed by atoms with van der Waals surface area (Å²) in [4.78, 5) is 23.1. The molecule has 1 aliphatic rings. The zero-order chi connectivity index (χ0) is 18.9. The number of aromatic nitrogens is 3. The third kappa shape index (κ3) is 5.26. The number of carbonyl (C=O) groups excluding carboxylic acids is 1. The van der Waals surface area contributed by atoms with Crippen LogP contribution in [0.2, 0.25) is 0 Å². The van der Waals surface area contributed by atoms with Crippen molar-refractivity contribution in [1.29, 1.82) is 0 Å². The fraction of sp³-hybridized carbons (Fsp3) is 0.579. The standard InChI is InChI=1S/C19H27N5O3/c1-2-26-14-6-10-21-19(25)24-13-5-3-4-7-16(24)18-22-17(23-27-18)15-8-11-20-12-9-15/h8-9,11-12,16H,2-7,10,13-14H2,1H3,(H,21,25). The lowest BCUT2D eigenvalue weighted by Gasteiger charge is -2.27. The fourth-order valence-corrected chi connectivity index (χ4v) is 3.21. The van der Waals surface area contributed by atoms with Crippen LogP contribution in [-0.2, 0) is 4.74 Å². The second-order valence-electron chi connectivity index (χ2n) is 6.53. The monoisotopic (exact) mass is 373 g/mol. The molecule has 1 N–H and O–H groups in total. The highest BCUT2D eigenvalue weighted by molar-refractivity contribution is 5.74. The number of rotatable bonds is 7. The van der Waals surface area contributed by atoms with Gasteiger partial charge in [0.2, 0.25) is 11.7 Å². The number of likely N-dealkylation sites (tertiary alicyclic amines) is 1. The molecule has 146 valence electrons. The fourth-order valence-electron chi connectivity index (χ4n) is 3.21. The minimum absolute atomic E-state index is 0.0814. The van der Waals surface area contributed by atoms with Crippen molar-refractivity contribution in [2.24, 2.45) is 0 Å². The van der Waals surface area contributed by atoms with Crippen LogP contribution < -0.4 is 5.32 Å². The maximum atomic E-state index is 12.7. The van der Waals surface area contributed by atoms with Crippen molar-refractivity contribution < 1.29 is 14.1 Å². The zero-order valence-electron chi connectivity index (χ0n) is 15.8. The Morgan fingerprint density at radius 1 is 1.33 bits per heavy atom. The summed E-state index contributed by atoms with van der Waals surface area (Å²) in [6.45, 7) is 4.59. The van der Waals surface area contributed by atoms with Gasteiger partial charge in [-0.25, -0.2) is 4.79 Å². The van der Waals surface area contributed by atoms with Crippen molar-refractivity contribution >= 4 is 6.03 Å². The van der Waals surface area contributed by atoms with Crippen LogP contribution in [-0.4, -0.2) is 52.4 Å². The average molecular weight is 373 g/mol. The molecule has 0 radical (unpaired) electrons. The first kappa shape index (κ1) is 19.3. The molecule has 1 saturated heterocycles. The molecule has 1 aliphatic heterocycles. The average Bonchev–Trinajstić information content (AvgIpc) is 3.06. The Morgan fingerprint density at radius 3 is 3.00 bits per heavy atom. The van der Waals surface area contributed by atoms with Gasteiger partial charge < -0.3 is 19.5 Å². The van der Waals surface area contributed by atoms with Crippen LogP contribution in [0.25, 0.3) is 11.4 Å². The summed E-state index contributed by atoms with van der Waals surface area (Å²) in [5, 5.41) is 7.08. The van der Waals surface area contributed by atoms with Gasteiger partial charge in [0.05, 0.1) is 0 Å². The highest BCUT2D eigenvalue weighted by atomic mass is 16.5. The predicted octanol–water partition coefficient (Wildman–Crippen LogP) is 3.18. The molecule has 0 saturated carbocycles. The first-order valence-electron chi connectivity index (χ1n) is 9.66. The van der Waals surface area contributed by atoms with E-state index in [9.17, 15) is 4.79 Å². The van der Waals surface area contributed by atoms with E-state index in [4.69, 9.17) is 9.26 Å². The summed E-state index contributed by atoms with van der Waals surface area (Å²) in [5.74, 6) is 1.02. The number of carbonyl (C=O) groups is 1. The lowest BCUT2D eigenvalue weighted by molar-refractivity contribution is 0.140. The van der Waals surface area contributed by atoms with Gasteiger partial charge in [-0.15, -0.1) is 0 Å². The molecule has 8 nitrogen and oxygen atoms in total. The molecule has 0 aromatic carbocycles. The molecular weight excluding hydrogens is 346 g/mol. The normalized spacial score (nSPS) is 17.5. The smallest absolute Gasteiger partial charge is 0.318 e. The van der Waals surface area contributed by atoms with E-state index in [1.807, 2.05) is 24.0 Å². The molecule has 8 heteroatoms. The molecule has 0 aliphatic carbocycles. The Kier molecular flexibility index (Phi) is 7.15. The van der Waals surface area contributed by atoms with E-state index in [1.54, 1.807) is 12.4 Å². The Bertz CT molecular complexity index is 706. The largest absolute Gasteiger partial charge is 0.382 e. The van der Waals surface area contributed by atoms with E-state index in [1.165, 1.54) is 0 Å². The maximum Gasteiger partial charge on any atom is 0.318 e. The lowest BCUT2D eigenvalue weighted by Crippen LogP contribution is -2.42. The highest BCUT2D eigenvalue weighted by Crippen LogP contribution is 2.30. The topological polar surface area (TPSA) is 93.4 Å². The van der Waals surface area contributed by atoms with E-state index in [-0.39, 0.29) is 12.1 Å². The van der Waals surface area contributed by atoms with Crippen LogP contribution in [0.3, 0.4) is 0 Å². The van der Waals surface area contributed by atoms with Crippen LogP contribution >= 0.6 is 0 Å². The molecule has 27 heavy (non-hydrogen) atoms. The summed E-state index contributed by atoms with van der Waals surface area (Å²) >= 11 is 0. The van der Waals surface area contributed by atoms with Crippen molar-refractivity contribution in [1.82, 2.24) is 25.3 Å². The molecule has 1 unspecified atom stereocenters. The molecule has 3 heterocycles. The lowest BCUT2D eigenvalue weighted by atomic mass is 10.1. The number of hydrogen-bond donors (Lipinski definition) is 1. The van der Waals surface area contributed by atoms with Gasteiger partial charge in [0, 0.05) is 44.3 Å². The van der Waals surface area contributed by atoms with Crippen LogP contribution in [0, 0.1) is 0 Å². The third-order valence-corrected chi connectivity index (χ3v) is 4.62. The molecule has 1 atom stereocenters. The Morgan fingerprint density at radius 2 is 2.19 bits per heavy atom. The minimum Gasteiger partial charge on any atom is -0.382 e. The van der Waals surface area contributed by atoms with Gasteiger partial charge >= 0.3 is 6.03 Å². The van der Waals surface area contributed by atoms with E-state index >= 15 is 0 Å². The van der Waals surface area contributed by atoms with Crippen LogP contribution in [0.15, 0.2) is 29.0 Å². The number of ether oxygens (including phenoxy) is 1. The number of hydrogen-bond acceptors (Lipinski definition) is 6. The molecule has 0 bridgehead atoms. The molecule has 2 aromatic heterocycles. The SMILES string of the molecule is CCOCCCNC(=O)N1CCCCCC1c1nc(-c2ccncc2)no1. The zero-order valence-corrected chi connectivity index (χ0v) is 15.8. The van der Waals surface area contributed by atoms with E-state index < -0.39 is 0 Å². The second-order valence-corrected chi connectivity index (χ2v) is 6.53. The Balaban J connectivity index is 1.67. The molecule has 1 fully saturated rings. The maximum absolute atomic E-state index is 12.7. The number of pyridine rings is 1. The van der Waals surface area contributed by atoms with Crippen molar-refractivity contribution in [3.63, 3.8) is 0 Å². The van der Waals surface area contributed by atoms with Crippen LogP contribution in [0.4, 0.5) is 4.79 Å². The number of urea groups is 1. The van der Waals surface area contributed by atoms with Crippen LogP contribution in [0.5, 0.6) is 0 Å². The molecular formula is C19H27N5O3. The summed E-state index contributed by atoms with van der Waals surface area (Å²) in [5.41, 5.74) is 0.848. The quantitative estimate of drug-likeness (QED) is 0.749. The summed E-state index contributed by atoms with van der Waals surface area (Å²) in [6.07, 6.45) is 8.11. The van der Waals surface area contributed by atoms with E-state index in [0.29, 0.717) is 38.0 Å².